The van der Waals surface area contributed by atoms with E-state index in [4.69, 9.17) is 4.74 Å². The van der Waals surface area contributed by atoms with Gasteiger partial charge >= 0.3 is 0 Å². The number of anilines is 1. The summed E-state index contributed by atoms with van der Waals surface area (Å²) in [5.74, 6) is 0.168. The number of carbonyl (C=O) groups excluding carboxylic acids is 2. The van der Waals surface area contributed by atoms with Crippen LogP contribution in [0, 0.1) is 5.41 Å². The Bertz CT molecular complexity index is 575. The number of nitrogens with one attached hydrogen (secondary N) is 1. The van der Waals surface area contributed by atoms with Crippen LogP contribution in [-0.4, -0.2) is 37.8 Å². The van der Waals surface area contributed by atoms with Gasteiger partial charge in [0.25, 0.3) is 0 Å². The quantitative estimate of drug-likeness (QED) is 0.643. The molecule has 0 radical (unpaired) electrons. The van der Waals surface area contributed by atoms with E-state index in [1.165, 1.54) is 6.08 Å². The summed E-state index contributed by atoms with van der Waals surface area (Å²) in [7, 11) is 5.21. The van der Waals surface area contributed by atoms with E-state index in [9.17, 15) is 9.59 Å². The highest BCUT2D eigenvalue weighted by molar-refractivity contribution is 6.17. The lowest BCUT2D eigenvalue weighted by atomic mass is 9.99. The van der Waals surface area contributed by atoms with Gasteiger partial charge in [0, 0.05) is 20.3 Å². The summed E-state index contributed by atoms with van der Waals surface area (Å²) < 4.78 is 5.20. The van der Waals surface area contributed by atoms with Crippen LogP contribution >= 0.6 is 0 Å². The molecule has 0 spiro atoms. The molecule has 0 bridgehead atoms. The van der Waals surface area contributed by atoms with Crippen LogP contribution in [0.15, 0.2) is 36.5 Å². The predicted molar refractivity (Wildman–Crippen MR) is 81.1 cm³/mol. The summed E-state index contributed by atoms with van der Waals surface area (Å²) in [6.45, 7) is 0. The molecular formula is C16H20N2O3. The first kappa shape index (κ1) is 15.1. The fourth-order valence-electron chi connectivity index (χ4n) is 2.08. The first-order valence-electron chi connectivity index (χ1n) is 6.83. The molecular weight excluding hydrogens is 268 g/mol. The zero-order valence-electron chi connectivity index (χ0n) is 12.6. The Morgan fingerprint density at radius 3 is 2.52 bits per heavy atom. The number of para-hydroxylation sites is 2. The molecule has 0 heterocycles. The van der Waals surface area contributed by atoms with Crippen molar-refractivity contribution < 1.29 is 14.3 Å². The van der Waals surface area contributed by atoms with Gasteiger partial charge < -0.3 is 15.0 Å². The SMILES string of the molecule is COc1ccccc1NC(=O)C1(C(=O)C=CN(C)C)CC1. The van der Waals surface area contributed by atoms with Crippen molar-refractivity contribution >= 4 is 17.4 Å². The van der Waals surface area contributed by atoms with Gasteiger partial charge in [-0.1, -0.05) is 12.1 Å². The summed E-state index contributed by atoms with van der Waals surface area (Å²) in [5.41, 5.74) is -0.325. The van der Waals surface area contributed by atoms with Gasteiger partial charge in [0.1, 0.15) is 11.2 Å². The average Bonchev–Trinajstić information content (AvgIpc) is 3.27. The lowest BCUT2D eigenvalue weighted by Crippen LogP contribution is -2.30. The van der Waals surface area contributed by atoms with Crippen LogP contribution in [0.25, 0.3) is 0 Å². The number of hydrogen-bond acceptors (Lipinski definition) is 4. The van der Waals surface area contributed by atoms with E-state index in [0.717, 1.165) is 0 Å². The van der Waals surface area contributed by atoms with Crippen molar-refractivity contribution in [3.8, 4) is 5.75 Å². The van der Waals surface area contributed by atoms with Gasteiger partial charge in [-0.3, -0.25) is 9.59 Å². The highest BCUT2D eigenvalue weighted by atomic mass is 16.5. The van der Waals surface area contributed by atoms with E-state index in [1.54, 1.807) is 30.3 Å². The third-order valence-electron chi connectivity index (χ3n) is 3.54. The average molecular weight is 288 g/mol. The summed E-state index contributed by atoms with van der Waals surface area (Å²) >= 11 is 0. The van der Waals surface area contributed by atoms with Crippen molar-refractivity contribution in [2.45, 2.75) is 12.8 Å². The molecule has 1 aromatic rings. The van der Waals surface area contributed by atoms with E-state index >= 15 is 0 Å². The maximum absolute atomic E-state index is 12.4. The number of ether oxygens (including phenoxy) is 1. The van der Waals surface area contributed by atoms with Crippen molar-refractivity contribution in [2.75, 3.05) is 26.5 Å². The largest absolute Gasteiger partial charge is 0.495 e. The third-order valence-corrected chi connectivity index (χ3v) is 3.54. The monoisotopic (exact) mass is 288 g/mol. The van der Waals surface area contributed by atoms with E-state index in [0.29, 0.717) is 24.3 Å². The van der Waals surface area contributed by atoms with Crippen LogP contribution in [0.1, 0.15) is 12.8 Å². The number of methoxy groups -OCH3 is 1. The van der Waals surface area contributed by atoms with Crippen molar-refractivity contribution in [2.24, 2.45) is 5.41 Å². The second-order valence-corrected chi connectivity index (χ2v) is 5.38. The van der Waals surface area contributed by atoms with Gasteiger partial charge in [0.2, 0.25) is 5.91 Å². The first-order valence-corrected chi connectivity index (χ1v) is 6.83. The molecule has 0 unspecified atom stereocenters. The molecule has 1 N–H and O–H groups in total. The van der Waals surface area contributed by atoms with Crippen LogP contribution in [0.2, 0.25) is 0 Å². The van der Waals surface area contributed by atoms with Crippen LogP contribution < -0.4 is 10.1 Å². The number of carbonyl (C=O) groups is 2. The van der Waals surface area contributed by atoms with Crippen LogP contribution in [0.4, 0.5) is 5.69 Å². The van der Waals surface area contributed by atoms with E-state index in [2.05, 4.69) is 5.32 Å². The number of allylic oxidation sites excluding steroid dienone is 1. The molecule has 1 aliphatic rings. The minimum atomic E-state index is -0.909. The molecule has 1 saturated carbocycles. The molecule has 21 heavy (non-hydrogen) atoms. The smallest absolute Gasteiger partial charge is 0.238 e. The first-order chi connectivity index (χ1) is 9.99. The molecule has 5 nitrogen and oxygen atoms in total. The fraction of sp³-hybridized carbons (Fsp3) is 0.375. The van der Waals surface area contributed by atoms with Gasteiger partial charge in [0.05, 0.1) is 12.8 Å². The van der Waals surface area contributed by atoms with Crippen LogP contribution in [0.3, 0.4) is 0 Å². The van der Waals surface area contributed by atoms with Gasteiger partial charge in [-0.25, -0.2) is 0 Å². The van der Waals surface area contributed by atoms with Gasteiger partial charge in [-0.05, 0) is 31.1 Å². The molecule has 0 aliphatic heterocycles. The minimum absolute atomic E-state index is 0.149. The predicted octanol–water partition coefficient (Wildman–Crippen LogP) is 2.06. The Labute approximate surface area is 124 Å². The van der Waals surface area contributed by atoms with E-state index < -0.39 is 5.41 Å². The zero-order valence-corrected chi connectivity index (χ0v) is 12.6. The Hall–Kier alpha value is -2.30. The second kappa shape index (κ2) is 5.99. The van der Waals surface area contributed by atoms with Crippen molar-refractivity contribution in [1.82, 2.24) is 4.90 Å². The Kier molecular flexibility index (Phi) is 4.31. The highest BCUT2D eigenvalue weighted by Gasteiger charge is 2.55. The summed E-state index contributed by atoms with van der Waals surface area (Å²) in [6, 6.07) is 7.16. The lowest BCUT2D eigenvalue weighted by Gasteiger charge is -2.15. The van der Waals surface area contributed by atoms with Crippen molar-refractivity contribution in [3.63, 3.8) is 0 Å². The molecule has 1 aliphatic carbocycles. The number of ketones is 1. The maximum atomic E-state index is 12.4. The Balaban J connectivity index is 2.11. The minimum Gasteiger partial charge on any atom is -0.495 e. The van der Waals surface area contributed by atoms with Crippen molar-refractivity contribution in [1.29, 1.82) is 0 Å². The molecule has 5 heteroatoms. The summed E-state index contributed by atoms with van der Waals surface area (Å²) in [4.78, 5) is 26.4. The zero-order chi connectivity index (χ0) is 15.5. The summed E-state index contributed by atoms with van der Waals surface area (Å²) in [6.07, 6.45) is 4.31. The van der Waals surface area contributed by atoms with Crippen molar-refractivity contribution in [3.05, 3.63) is 36.5 Å². The lowest BCUT2D eigenvalue weighted by molar-refractivity contribution is -0.130. The normalized spacial score (nSPS) is 15.6. The topological polar surface area (TPSA) is 58.6 Å². The molecule has 2 rings (SSSR count). The second-order valence-electron chi connectivity index (χ2n) is 5.38. The highest BCUT2D eigenvalue weighted by Crippen LogP contribution is 2.48. The van der Waals surface area contributed by atoms with Gasteiger partial charge in [-0.2, -0.15) is 0 Å². The van der Waals surface area contributed by atoms with E-state index in [1.807, 2.05) is 26.2 Å². The number of hydrogen-bond donors (Lipinski definition) is 1. The fourth-order valence-corrected chi connectivity index (χ4v) is 2.08. The van der Waals surface area contributed by atoms with Crippen LogP contribution in [0.5, 0.6) is 5.75 Å². The maximum Gasteiger partial charge on any atom is 0.238 e. The molecule has 0 saturated heterocycles. The van der Waals surface area contributed by atoms with Gasteiger partial charge in [0.15, 0.2) is 5.78 Å². The Morgan fingerprint density at radius 2 is 1.95 bits per heavy atom. The molecule has 1 amide bonds. The standard InChI is InChI=1S/C16H20N2O3/c1-18(2)11-8-14(19)16(9-10-16)15(20)17-12-6-4-5-7-13(12)21-3/h4-8,11H,9-10H2,1-3H3,(H,17,20). The third kappa shape index (κ3) is 3.24. The van der Waals surface area contributed by atoms with E-state index in [-0.39, 0.29) is 11.7 Å². The molecule has 1 aromatic carbocycles. The Morgan fingerprint density at radius 1 is 1.29 bits per heavy atom. The molecule has 112 valence electrons. The number of benzene rings is 1. The van der Waals surface area contributed by atoms with Crippen LogP contribution in [-0.2, 0) is 9.59 Å². The number of nitrogens with zero attached hydrogens (tertiary/aromatic N) is 1. The molecule has 0 aromatic heterocycles. The number of amides is 1. The summed E-state index contributed by atoms with van der Waals surface area (Å²) in [5, 5.41) is 2.80. The number of rotatable bonds is 6. The van der Waals surface area contributed by atoms with Gasteiger partial charge in [-0.15, -0.1) is 0 Å². The molecule has 0 atom stereocenters. The molecule has 1 fully saturated rings.